The fraction of sp³-hybridized carbons (Fsp3) is 0.625. The molecule has 16 heavy (non-hydrogen) atoms. The van der Waals surface area contributed by atoms with E-state index in [0.717, 1.165) is 0 Å². The van der Waals surface area contributed by atoms with Gasteiger partial charge in [0.2, 0.25) is 0 Å². The molecule has 0 aromatic heterocycles. The minimum Gasteiger partial charge on any atom is -0.497 e. The maximum Gasteiger partial charge on any atom is 0.378 e. The Hall–Kier alpha value is -1.51. The van der Waals surface area contributed by atoms with Gasteiger partial charge in [-0.15, -0.1) is 0 Å². The predicted molar refractivity (Wildman–Crippen MR) is 49.6 cm³/mol. The zero-order valence-corrected chi connectivity index (χ0v) is 8.33. The maximum atomic E-state index is 10.2. The van der Waals surface area contributed by atoms with E-state index in [9.17, 15) is 4.79 Å². The Labute approximate surface area is 90.6 Å². The van der Waals surface area contributed by atoms with Gasteiger partial charge in [0.1, 0.15) is 6.61 Å². The number of hydrogen-bond acceptors (Lipinski definition) is 7. The molecule has 0 saturated heterocycles. The lowest BCUT2D eigenvalue weighted by atomic mass is 9.93. The number of aliphatic carboxylic acids is 1. The molecule has 0 aliphatic rings. The highest BCUT2D eigenvalue weighted by molar-refractivity contribution is 5.83. The topological polar surface area (TPSA) is 148 Å². The monoisotopic (exact) mass is 238 g/mol. The zero-order chi connectivity index (χ0) is 12.8. The Morgan fingerprint density at radius 3 is 1.75 bits per heavy atom. The molecule has 0 rings (SSSR count). The molecule has 0 bridgehead atoms. The molecule has 0 fully saturated rings. The van der Waals surface area contributed by atoms with Crippen molar-refractivity contribution in [3.63, 3.8) is 0 Å². The summed E-state index contributed by atoms with van der Waals surface area (Å²) in [4.78, 5) is 10.2. The van der Waals surface area contributed by atoms with Crippen LogP contribution in [0.5, 0.6) is 0 Å². The third-order valence-corrected chi connectivity index (χ3v) is 1.93. The summed E-state index contributed by atoms with van der Waals surface area (Å²) in [7, 11) is 0. The van der Waals surface area contributed by atoms with Crippen molar-refractivity contribution in [2.24, 2.45) is 5.41 Å². The highest BCUT2D eigenvalue weighted by Crippen LogP contribution is 2.17. The minimum absolute atomic E-state index is 0.556. The summed E-state index contributed by atoms with van der Waals surface area (Å²) in [6.07, 6.45) is 0. The van der Waals surface area contributed by atoms with Gasteiger partial charge in [-0.3, -0.25) is 0 Å². The van der Waals surface area contributed by atoms with E-state index in [-0.39, 0.29) is 0 Å². The Bertz CT molecular complexity index is 259. The summed E-state index contributed by atoms with van der Waals surface area (Å²) in [5.41, 5.74) is -1.42. The number of carboxylic acid groups (broad SMARTS) is 1. The summed E-state index contributed by atoms with van der Waals surface area (Å²) in [6, 6.07) is 0. The van der Waals surface area contributed by atoms with Crippen LogP contribution in [-0.2, 0) is 9.53 Å². The van der Waals surface area contributed by atoms with Crippen LogP contribution in [0.4, 0.5) is 0 Å². The predicted octanol–water partition coefficient (Wildman–Crippen LogP) is -1.66. The van der Waals surface area contributed by atoms with Crippen LogP contribution in [0.25, 0.3) is 0 Å². The van der Waals surface area contributed by atoms with E-state index in [0.29, 0.717) is 0 Å². The van der Waals surface area contributed by atoms with E-state index < -0.39 is 49.5 Å². The van der Waals surface area contributed by atoms with Crippen LogP contribution in [0.1, 0.15) is 0 Å². The van der Waals surface area contributed by atoms with Gasteiger partial charge in [-0.25, -0.2) is 4.79 Å². The number of ether oxygens (including phenoxy) is 1. The second-order valence-corrected chi connectivity index (χ2v) is 3.22. The molecule has 0 spiro atoms. The number of rotatable bonds is 7. The van der Waals surface area contributed by atoms with Crippen LogP contribution in [0, 0.1) is 5.41 Å². The zero-order valence-electron chi connectivity index (χ0n) is 8.33. The average molecular weight is 238 g/mol. The molecule has 8 heteroatoms. The number of carboxylic acids is 1. The smallest absolute Gasteiger partial charge is 0.378 e. The Morgan fingerprint density at radius 2 is 1.44 bits per heavy atom. The van der Waals surface area contributed by atoms with Crippen molar-refractivity contribution in [2.45, 2.75) is 0 Å². The third kappa shape index (κ3) is 3.57. The molecule has 0 atom stereocenters. The Balaban J connectivity index is 4.54. The molecular formula is C8H14O8. The molecule has 0 aromatic rings. The molecule has 8 nitrogen and oxygen atoms in total. The van der Waals surface area contributed by atoms with Gasteiger partial charge >= 0.3 is 11.9 Å². The van der Waals surface area contributed by atoms with E-state index in [4.69, 9.17) is 30.6 Å². The molecule has 94 valence electrons. The molecule has 0 amide bonds. The van der Waals surface area contributed by atoms with Crippen molar-refractivity contribution in [3.8, 4) is 0 Å². The second kappa shape index (κ2) is 6.16. The highest BCUT2D eigenvalue weighted by atomic mass is 16.6. The van der Waals surface area contributed by atoms with Gasteiger partial charge in [0.25, 0.3) is 5.76 Å². The first kappa shape index (κ1) is 14.5. The van der Waals surface area contributed by atoms with E-state index in [1.807, 2.05) is 0 Å². The van der Waals surface area contributed by atoms with Crippen molar-refractivity contribution in [1.82, 2.24) is 0 Å². The van der Waals surface area contributed by atoms with E-state index in [2.05, 4.69) is 4.74 Å². The summed E-state index contributed by atoms with van der Waals surface area (Å²) >= 11 is 0. The minimum atomic E-state index is -1.79. The Morgan fingerprint density at radius 1 is 1.00 bits per heavy atom. The lowest BCUT2D eigenvalue weighted by molar-refractivity contribution is -0.137. The lowest BCUT2D eigenvalue weighted by Gasteiger charge is -2.26. The first-order valence-corrected chi connectivity index (χ1v) is 4.23. The van der Waals surface area contributed by atoms with E-state index in [1.165, 1.54) is 0 Å². The fourth-order valence-corrected chi connectivity index (χ4v) is 0.668. The normalized spacial score (nSPS) is 13.2. The van der Waals surface area contributed by atoms with Gasteiger partial charge in [-0.2, -0.15) is 0 Å². The van der Waals surface area contributed by atoms with Crippen LogP contribution in [0.15, 0.2) is 11.7 Å². The molecule has 0 heterocycles. The van der Waals surface area contributed by atoms with Gasteiger partial charge in [0.15, 0.2) is 0 Å². The van der Waals surface area contributed by atoms with Gasteiger partial charge in [-0.05, 0) is 0 Å². The largest absolute Gasteiger partial charge is 0.497 e. The summed E-state index contributed by atoms with van der Waals surface area (Å²) in [5.74, 6) is -4.45. The SMILES string of the molecule is O=C(O)/C(O)=C(\O)OCC(CO)(CO)CO. The first-order chi connectivity index (χ1) is 7.42. The van der Waals surface area contributed by atoms with Crippen LogP contribution < -0.4 is 0 Å². The molecule has 0 unspecified atom stereocenters. The molecular weight excluding hydrogens is 224 g/mol. The van der Waals surface area contributed by atoms with Crippen LogP contribution >= 0.6 is 0 Å². The number of aliphatic hydroxyl groups is 5. The van der Waals surface area contributed by atoms with Gasteiger partial charge in [0.05, 0.1) is 25.2 Å². The van der Waals surface area contributed by atoms with Crippen molar-refractivity contribution in [1.29, 1.82) is 0 Å². The molecule has 0 aliphatic carbocycles. The standard InChI is InChI=1S/C8H14O8/c9-1-8(2-10,3-11)4-16-7(15)5(12)6(13)14/h9-12,15H,1-4H2,(H,13,14)/b7-5-. The lowest BCUT2D eigenvalue weighted by Crippen LogP contribution is -2.38. The molecule has 0 radical (unpaired) electrons. The summed E-state index contributed by atoms with van der Waals surface area (Å²) < 4.78 is 4.43. The molecule has 0 aromatic carbocycles. The van der Waals surface area contributed by atoms with E-state index in [1.54, 1.807) is 0 Å². The van der Waals surface area contributed by atoms with Crippen LogP contribution in [0.3, 0.4) is 0 Å². The van der Waals surface area contributed by atoms with Crippen molar-refractivity contribution in [3.05, 3.63) is 11.7 Å². The average Bonchev–Trinajstić information content (AvgIpc) is 2.30. The van der Waals surface area contributed by atoms with Crippen molar-refractivity contribution >= 4 is 5.97 Å². The van der Waals surface area contributed by atoms with E-state index >= 15 is 0 Å². The third-order valence-electron chi connectivity index (χ3n) is 1.93. The second-order valence-electron chi connectivity index (χ2n) is 3.22. The fourth-order valence-electron chi connectivity index (χ4n) is 0.668. The van der Waals surface area contributed by atoms with Crippen LogP contribution in [0.2, 0.25) is 0 Å². The maximum absolute atomic E-state index is 10.2. The first-order valence-electron chi connectivity index (χ1n) is 4.23. The molecule has 0 aliphatic heterocycles. The van der Waals surface area contributed by atoms with Gasteiger partial charge < -0.3 is 35.4 Å². The number of aliphatic hydroxyl groups excluding tert-OH is 5. The summed E-state index contributed by atoms with van der Waals surface area (Å²) in [6.45, 7) is -2.47. The van der Waals surface area contributed by atoms with Crippen LogP contribution in [-0.4, -0.2) is 63.0 Å². The number of hydrogen-bond donors (Lipinski definition) is 6. The van der Waals surface area contributed by atoms with Crippen molar-refractivity contribution < 1.29 is 40.2 Å². The summed E-state index contributed by atoms with van der Waals surface area (Å²) in [5, 5.41) is 52.5. The highest BCUT2D eigenvalue weighted by Gasteiger charge is 2.30. The number of carbonyl (C=O) groups is 1. The molecule has 6 N–H and O–H groups in total. The molecule has 0 saturated carbocycles. The van der Waals surface area contributed by atoms with Crippen molar-refractivity contribution in [2.75, 3.05) is 26.4 Å². The Kier molecular flexibility index (Phi) is 5.57. The van der Waals surface area contributed by atoms with Gasteiger partial charge in [0, 0.05) is 0 Å². The quantitative estimate of drug-likeness (QED) is 0.228. The van der Waals surface area contributed by atoms with Gasteiger partial charge in [-0.1, -0.05) is 0 Å².